The third-order valence-electron chi connectivity index (χ3n) is 3.52. The number of carbonyl (C=O) groups excluding carboxylic acids is 1. The van der Waals surface area contributed by atoms with E-state index < -0.39 is 15.7 Å². The Kier molecular flexibility index (Phi) is 4.91. The Balaban J connectivity index is 2.04. The Bertz CT molecular complexity index is 793. The van der Waals surface area contributed by atoms with Gasteiger partial charge < -0.3 is 15.7 Å². The minimum absolute atomic E-state index is 0.000891. The van der Waals surface area contributed by atoms with Crippen molar-refractivity contribution in [1.29, 1.82) is 5.26 Å². The van der Waals surface area contributed by atoms with Crippen molar-refractivity contribution in [3.05, 3.63) is 35.5 Å². The fraction of sp³-hybridized carbons (Fsp3) is 0.333. The van der Waals surface area contributed by atoms with Crippen LogP contribution in [-0.2, 0) is 14.6 Å². The number of nitriles is 1. The number of benzene rings is 1. The van der Waals surface area contributed by atoms with Gasteiger partial charge in [-0.05, 0) is 37.1 Å². The minimum atomic E-state index is -3.03. The second kappa shape index (κ2) is 6.71. The zero-order chi connectivity index (χ0) is 17.0. The molecule has 1 fully saturated rings. The second-order valence-electron chi connectivity index (χ2n) is 5.39. The first-order valence-corrected chi connectivity index (χ1v) is 8.80. The zero-order valence-corrected chi connectivity index (χ0v) is 13.4. The molecule has 0 bridgehead atoms. The number of rotatable bonds is 4. The summed E-state index contributed by atoms with van der Waals surface area (Å²) in [7, 11) is -3.03. The van der Waals surface area contributed by atoms with Gasteiger partial charge in [0.15, 0.2) is 9.84 Å². The number of phenolic OH excluding ortho intramolecular Hbond substituents is 1. The molecule has 1 aromatic carbocycles. The van der Waals surface area contributed by atoms with Gasteiger partial charge in [-0.2, -0.15) is 5.26 Å². The summed E-state index contributed by atoms with van der Waals surface area (Å²) in [5, 5.41) is 23.8. The highest BCUT2D eigenvalue weighted by molar-refractivity contribution is 7.91. The van der Waals surface area contributed by atoms with Crippen molar-refractivity contribution in [3.8, 4) is 11.8 Å². The molecule has 3 N–H and O–H groups in total. The number of aryl methyl sites for hydroxylation is 1. The van der Waals surface area contributed by atoms with E-state index in [0.717, 1.165) is 0 Å². The van der Waals surface area contributed by atoms with Crippen LogP contribution in [0.5, 0.6) is 5.75 Å². The number of amides is 1. The van der Waals surface area contributed by atoms with Gasteiger partial charge in [0.05, 0.1) is 11.5 Å². The van der Waals surface area contributed by atoms with Gasteiger partial charge in [0.25, 0.3) is 5.91 Å². The summed E-state index contributed by atoms with van der Waals surface area (Å²) in [5.41, 5.74) is 0.990. The van der Waals surface area contributed by atoms with Crippen LogP contribution in [0.25, 0.3) is 0 Å². The number of hydrogen-bond acceptors (Lipinski definition) is 6. The molecule has 23 heavy (non-hydrogen) atoms. The molecule has 2 rings (SSSR count). The van der Waals surface area contributed by atoms with Gasteiger partial charge in [0, 0.05) is 17.9 Å². The average Bonchev–Trinajstić information content (AvgIpc) is 2.82. The van der Waals surface area contributed by atoms with Crippen LogP contribution in [0.3, 0.4) is 0 Å². The predicted octanol–water partition coefficient (Wildman–Crippen LogP) is 0.823. The molecule has 8 heteroatoms. The molecule has 1 aromatic rings. The Hall–Kier alpha value is -2.53. The van der Waals surface area contributed by atoms with Gasteiger partial charge in [-0.25, -0.2) is 8.42 Å². The molecule has 1 aliphatic rings. The molecule has 0 radical (unpaired) electrons. The molecule has 0 aliphatic carbocycles. The van der Waals surface area contributed by atoms with E-state index >= 15 is 0 Å². The van der Waals surface area contributed by atoms with Crippen LogP contribution in [0.15, 0.2) is 30.0 Å². The van der Waals surface area contributed by atoms with Crippen molar-refractivity contribution in [2.24, 2.45) is 0 Å². The number of aromatic hydroxyl groups is 1. The van der Waals surface area contributed by atoms with E-state index in [0.29, 0.717) is 17.7 Å². The van der Waals surface area contributed by atoms with E-state index in [2.05, 4.69) is 10.6 Å². The third kappa shape index (κ3) is 4.47. The van der Waals surface area contributed by atoms with E-state index in [-0.39, 0.29) is 28.9 Å². The smallest absolute Gasteiger partial charge is 0.267 e. The van der Waals surface area contributed by atoms with Crippen LogP contribution in [0.2, 0.25) is 0 Å². The summed E-state index contributed by atoms with van der Waals surface area (Å²) in [5.74, 6) is -0.407. The summed E-state index contributed by atoms with van der Waals surface area (Å²) in [6.07, 6.45) is 1.70. The number of hydrogen-bond donors (Lipinski definition) is 3. The fourth-order valence-electron chi connectivity index (χ4n) is 2.25. The van der Waals surface area contributed by atoms with Gasteiger partial charge in [-0.1, -0.05) is 0 Å². The minimum Gasteiger partial charge on any atom is -0.508 e. The second-order valence-corrected chi connectivity index (χ2v) is 7.62. The molecule has 7 nitrogen and oxygen atoms in total. The third-order valence-corrected chi connectivity index (χ3v) is 5.29. The van der Waals surface area contributed by atoms with Crippen LogP contribution in [0.4, 0.5) is 5.69 Å². The number of carbonyl (C=O) groups is 1. The predicted molar refractivity (Wildman–Crippen MR) is 85.4 cm³/mol. The highest BCUT2D eigenvalue weighted by Crippen LogP contribution is 2.20. The van der Waals surface area contributed by atoms with E-state index in [9.17, 15) is 18.3 Å². The molecule has 1 atom stereocenters. The van der Waals surface area contributed by atoms with Crippen molar-refractivity contribution in [3.63, 3.8) is 0 Å². The summed E-state index contributed by atoms with van der Waals surface area (Å²) < 4.78 is 22.7. The molecule has 1 saturated heterocycles. The first kappa shape index (κ1) is 16.8. The van der Waals surface area contributed by atoms with Crippen molar-refractivity contribution >= 4 is 21.4 Å². The Morgan fingerprint density at radius 2 is 2.22 bits per heavy atom. The van der Waals surface area contributed by atoms with Crippen LogP contribution >= 0.6 is 0 Å². The zero-order valence-electron chi connectivity index (χ0n) is 12.5. The Morgan fingerprint density at radius 1 is 1.48 bits per heavy atom. The van der Waals surface area contributed by atoms with Crippen molar-refractivity contribution in [1.82, 2.24) is 5.32 Å². The molecular weight excluding hydrogens is 318 g/mol. The van der Waals surface area contributed by atoms with Crippen LogP contribution in [-0.4, -0.2) is 37.0 Å². The van der Waals surface area contributed by atoms with Crippen molar-refractivity contribution < 1.29 is 18.3 Å². The summed E-state index contributed by atoms with van der Waals surface area (Å²) in [6, 6.07) is 5.96. The van der Waals surface area contributed by atoms with Crippen LogP contribution < -0.4 is 10.6 Å². The number of phenols is 1. The van der Waals surface area contributed by atoms with Crippen LogP contribution in [0, 0.1) is 18.3 Å². The highest BCUT2D eigenvalue weighted by Gasteiger charge is 2.27. The van der Waals surface area contributed by atoms with Gasteiger partial charge in [0.1, 0.15) is 17.4 Å². The molecule has 0 spiro atoms. The molecule has 1 aliphatic heterocycles. The SMILES string of the molecule is Cc1cc(O)ccc1NC(=O)/C(C#N)=C\NC1CCS(=O)(=O)C1. The average molecular weight is 335 g/mol. The first-order chi connectivity index (χ1) is 10.8. The maximum absolute atomic E-state index is 12.1. The maximum Gasteiger partial charge on any atom is 0.267 e. The van der Waals surface area contributed by atoms with E-state index in [1.54, 1.807) is 13.0 Å². The van der Waals surface area contributed by atoms with Gasteiger partial charge in [-0.3, -0.25) is 4.79 Å². The summed E-state index contributed by atoms with van der Waals surface area (Å²) >= 11 is 0. The standard InChI is InChI=1S/C15H17N3O4S/c1-10-6-13(19)2-3-14(10)18-15(20)11(7-16)8-17-12-4-5-23(21,22)9-12/h2-3,6,8,12,17,19H,4-5,9H2,1H3,(H,18,20)/b11-8-. The molecule has 122 valence electrons. The van der Waals surface area contributed by atoms with E-state index in [4.69, 9.17) is 5.26 Å². The number of nitrogens with one attached hydrogen (secondary N) is 2. The lowest BCUT2D eigenvalue weighted by Crippen LogP contribution is -2.27. The largest absolute Gasteiger partial charge is 0.508 e. The Morgan fingerprint density at radius 3 is 2.78 bits per heavy atom. The Labute approximate surface area is 134 Å². The molecule has 0 saturated carbocycles. The lowest BCUT2D eigenvalue weighted by molar-refractivity contribution is -0.112. The first-order valence-electron chi connectivity index (χ1n) is 6.98. The van der Waals surface area contributed by atoms with Gasteiger partial charge in [-0.15, -0.1) is 0 Å². The number of sulfone groups is 1. The van der Waals surface area contributed by atoms with Crippen molar-refractivity contribution in [2.75, 3.05) is 16.8 Å². The van der Waals surface area contributed by atoms with Crippen LogP contribution in [0.1, 0.15) is 12.0 Å². The van der Waals surface area contributed by atoms with Gasteiger partial charge in [0.2, 0.25) is 0 Å². The molecular formula is C15H17N3O4S. The highest BCUT2D eigenvalue weighted by atomic mass is 32.2. The fourth-order valence-corrected chi connectivity index (χ4v) is 3.94. The topological polar surface area (TPSA) is 119 Å². The maximum atomic E-state index is 12.1. The molecule has 1 amide bonds. The number of nitrogens with zero attached hydrogens (tertiary/aromatic N) is 1. The summed E-state index contributed by atoms with van der Waals surface area (Å²) in [4.78, 5) is 12.1. The molecule has 1 unspecified atom stereocenters. The normalized spacial score (nSPS) is 19.8. The summed E-state index contributed by atoms with van der Waals surface area (Å²) in [6.45, 7) is 1.72. The van der Waals surface area contributed by atoms with Crippen molar-refractivity contribution in [2.45, 2.75) is 19.4 Å². The quantitative estimate of drug-likeness (QED) is 0.426. The van der Waals surface area contributed by atoms with E-state index in [1.165, 1.54) is 24.4 Å². The molecule has 1 heterocycles. The lowest BCUT2D eigenvalue weighted by Gasteiger charge is -2.10. The van der Waals surface area contributed by atoms with E-state index in [1.807, 2.05) is 0 Å². The monoisotopic (exact) mass is 335 g/mol. The molecule has 0 aromatic heterocycles. The van der Waals surface area contributed by atoms with Gasteiger partial charge >= 0.3 is 0 Å². The number of anilines is 1. The lowest BCUT2D eigenvalue weighted by atomic mass is 10.1.